The van der Waals surface area contributed by atoms with E-state index >= 15 is 0 Å². The number of rotatable bonds is 9. The minimum Gasteiger partial charge on any atom is -0.362 e. The van der Waals surface area contributed by atoms with Gasteiger partial charge in [-0.25, -0.2) is 0 Å². The maximum Gasteiger partial charge on any atom is 0.0890 e. The van der Waals surface area contributed by atoms with Crippen LogP contribution in [-0.4, -0.2) is 35.0 Å². The first-order valence-corrected chi connectivity index (χ1v) is 10.2. The van der Waals surface area contributed by atoms with E-state index in [1.807, 2.05) is 30.5 Å². The Morgan fingerprint density at radius 2 is 1.54 bits per heavy atom. The molecule has 0 radical (unpaired) electrons. The Labute approximate surface area is 159 Å². The molecule has 0 amide bonds. The third-order valence-electron chi connectivity index (χ3n) is 4.75. The number of para-hydroxylation sites is 1. The number of benzene rings is 1. The van der Waals surface area contributed by atoms with Gasteiger partial charge in [0.1, 0.15) is 0 Å². The van der Waals surface area contributed by atoms with Gasteiger partial charge in [0.15, 0.2) is 0 Å². The van der Waals surface area contributed by atoms with Crippen LogP contribution in [0.5, 0.6) is 0 Å². The van der Waals surface area contributed by atoms with Crippen molar-refractivity contribution in [1.29, 1.82) is 0 Å². The highest BCUT2D eigenvalue weighted by Crippen LogP contribution is 2.10. The smallest absolute Gasteiger partial charge is 0.0890 e. The number of pyridine rings is 1. The molecular weight excluding hydrogens is 318 g/mol. The van der Waals surface area contributed by atoms with Gasteiger partial charge in [-0.1, -0.05) is 76.1 Å². The van der Waals surface area contributed by atoms with E-state index in [-0.39, 0.29) is 0 Å². The van der Waals surface area contributed by atoms with Crippen molar-refractivity contribution in [2.75, 3.05) is 20.3 Å². The summed E-state index contributed by atoms with van der Waals surface area (Å²) in [7, 11) is 2.13. The van der Waals surface area contributed by atoms with Crippen LogP contribution in [0, 0.1) is 0 Å². The van der Waals surface area contributed by atoms with Gasteiger partial charge in [-0.15, -0.1) is 0 Å². The number of nitrogens with zero attached hydrogens (tertiary/aromatic N) is 3. The number of aromatic nitrogens is 1. The molecule has 0 saturated heterocycles. The Hall–Kier alpha value is -2.03. The number of hydrogen-bond acceptors (Lipinski definition) is 3. The van der Waals surface area contributed by atoms with Gasteiger partial charge < -0.3 is 9.80 Å². The van der Waals surface area contributed by atoms with Crippen LogP contribution in [0.1, 0.15) is 58.3 Å². The summed E-state index contributed by atoms with van der Waals surface area (Å²) in [6, 6.07) is 12.1. The third kappa shape index (κ3) is 7.90. The van der Waals surface area contributed by atoms with Crippen molar-refractivity contribution in [2.45, 2.75) is 58.3 Å². The first-order chi connectivity index (χ1) is 12.8. The van der Waals surface area contributed by atoms with E-state index in [1.54, 1.807) is 0 Å². The zero-order valence-corrected chi connectivity index (χ0v) is 16.6. The van der Waals surface area contributed by atoms with Gasteiger partial charge in [-0.3, -0.25) is 4.98 Å². The second-order valence-electron chi connectivity index (χ2n) is 7.18. The van der Waals surface area contributed by atoms with E-state index in [9.17, 15) is 0 Å². The SMILES string of the molecule is CCCCCCCCCCN1C=CN(C)C1.c1ccc2ncccc2c1. The fourth-order valence-corrected chi connectivity index (χ4v) is 3.20. The van der Waals surface area contributed by atoms with Crippen molar-refractivity contribution >= 4 is 10.9 Å². The molecule has 0 unspecified atom stereocenters. The number of unbranched alkanes of at least 4 members (excludes halogenated alkanes) is 7. The molecule has 0 bridgehead atoms. The zero-order valence-electron chi connectivity index (χ0n) is 16.6. The van der Waals surface area contributed by atoms with Crippen LogP contribution >= 0.6 is 0 Å². The van der Waals surface area contributed by atoms with Crippen molar-refractivity contribution in [1.82, 2.24) is 14.8 Å². The highest BCUT2D eigenvalue weighted by molar-refractivity contribution is 5.77. The number of hydrogen-bond donors (Lipinski definition) is 0. The summed E-state index contributed by atoms with van der Waals surface area (Å²) in [5.41, 5.74) is 1.06. The van der Waals surface area contributed by atoms with Crippen molar-refractivity contribution in [3.63, 3.8) is 0 Å². The minimum atomic E-state index is 1.06. The lowest BCUT2D eigenvalue weighted by Gasteiger charge is -2.17. The molecule has 0 N–H and O–H groups in total. The summed E-state index contributed by atoms with van der Waals surface area (Å²) in [6.45, 7) is 4.59. The van der Waals surface area contributed by atoms with Gasteiger partial charge in [0, 0.05) is 37.6 Å². The highest BCUT2D eigenvalue weighted by Gasteiger charge is 2.06. The Balaban J connectivity index is 0.000000206. The fourth-order valence-electron chi connectivity index (χ4n) is 3.20. The Bertz CT molecular complexity index is 573. The molecule has 0 saturated carbocycles. The monoisotopic (exact) mass is 353 g/mol. The largest absolute Gasteiger partial charge is 0.362 e. The van der Waals surface area contributed by atoms with E-state index in [0.717, 1.165) is 12.2 Å². The molecule has 0 aliphatic carbocycles. The molecule has 3 rings (SSSR count). The maximum absolute atomic E-state index is 4.18. The van der Waals surface area contributed by atoms with Crippen molar-refractivity contribution in [3.8, 4) is 0 Å². The Morgan fingerprint density at radius 3 is 2.23 bits per heavy atom. The summed E-state index contributed by atoms with van der Waals surface area (Å²) in [5.74, 6) is 0. The normalized spacial score (nSPS) is 13.2. The first kappa shape index (κ1) is 20.3. The van der Waals surface area contributed by atoms with Crippen LogP contribution in [0.4, 0.5) is 0 Å². The second-order valence-corrected chi connectivity index (χ2v) is 7.18. The Kier molecular flexibility index (Phi) is 9.63. The van der Waals surface area contributed by atoms with Crippen LogP contribution in [0.15, 0.2) is 55.0 Å². The maximum atomic E-state index is 4.18. The van der Waals surface area contributed by atoms with Crippen LogP contribution in [0.25, 0.3) is 10.9 Å². The van der Waals surface area contributed by atoms with Gasteiger partial charge in [0.05, 0.1) is 12.2 Å². The molecule has 3 nitrogen and oxygen atoms in total. The molecule has 142 valence electrons. The van der Waals surface area contributed by atoms with Crippen LogP contribution in [0.2, 0.25) is 0 Å². The van der Waals surface area contributed by atoms with Crippen molar-refractivity contribution < 1.29 is 0 Å². The van der Waals surface area contributed by atoms with Crippen LogP contribution in [-0.2, 0) is 0 Å². The molecule has 1 aromatic heterocycles. The van der Waals surface area contributed by atoms with Crippen LogP contribution in [0.3, 0.4) is 0 Å². The molecule has 0 atom stereocenters. The molecule has 1 aliphatic heterocycles. The fraction of sp³-hybridized carbons (Fsp3) is 0.522. The predicted octanol–water partition coefficient (Wildman–Crippen LogP) is 6.04. The van der Waals surface area contributed by atoms with E-state index in [4.69, 9.17) is 0 Å². The standard InChI is InChI=1S/C14H28N2.C9H7N/c1-3-4-5-6-7-8-9-10-11-16-13-12-15(2)14-16;1-2-6-9-8(4-1)5-3-7-10-9/h12-13H,3-11,14H2,1-2H3;1-7H. The molecule has 2 aromatic rings. The quantitative estimate of drug-likeness (QED) is 0.512. The topological polar surface area (TPSA) is 19.4 Å². The summed E-state index contributed by atoms with van der Waals surface area (Å²) < 4.78 is 0. The van der Waals surface area contributed by atoms with Crippen LogP contribution < -0.4 is 0 Å². The van der Waals surface area contributed by atoms with Gasteiger partial charge in [0.2, 0.25) is 0 Å². The van der Waals surface area contributed by atoms with Gasteiger partial charge >= 0.3 is 0 Å². The average Bonchev–Trinajstić information content (AvgIpc) is 3.10. The second kappa shape index (κ2) is 12.3. The third-order valence-corrected chi connectivity index (χ3v) is 4.75. The predicted molar refractivity (Wildman–Crippen MR) is 113 cm³/mol. The summed E-state index contributed by atoms with van der Waals surface area (Å²) in [5, 5.41) is 1.20. The van der Waals surface area contributed by atoms with Crippen molar-refractivity contribution in [3.05, 3.63) is 55.0 Å². The lowest BCUT2D eigenvalue weighted by atomic mass is 10.1. The lowest BCUT2D eigenvalue weighted by Crippen LogP contribution is -2.23. The van der Waals surface area contributed by atoms with Gasteiger partial charge in [0.25, 0.3) is 0 Å². The van der Waals surface area contributed by atoms with E-state index in [0.29, 0.717) is 0 Å². The molecule has 26 heavy (non-hydrogen) atoms. The molecule has 0 spiro atoms. The number of fused-ring (bicyclic) bond motifs is 1. The molecular formula is C23H35N3. The van der Waals surface area contributed by atoms with Gasteiger partial charge in [-0.2, -0.15) is 0 Å². The Morgan fingerprint density at radius 1 is 0.846 bits per heavy atom. The van der Waals surface area contributed by atoms with Gasteiger partial charge in [-0.05, 0) is 18.6 Å². The zero-order chi connectivity index (χ0) is 18.5. The molecule has 3 heteroatoms. The molecule has 0 fully saturated rings. The molecule has 2 heterocycles. The highest BCUT2D eigenvalue weighted by atomic mass is 15.3. The van der Waals surface area contributed by atoms with E-state index in [1.165, 1.54) is 63.3 Å². The van der Waals surface area contributed by atoms with E-state index < -0.39 is 0 Å². The lowest BCUT2D eigenvalue weighted by molar-refractivity contribution is 0.290. The first-order valence-electron chi connectivity index (χ1n) is 10.2. The average molecular weight is 354 g/mol. The molecule has 1 aliphatic rings. The molecule has 1 aromatic carbocycles. The van der Waals surface area contributed by atoms with E-state index in [2.05, 4.69) is 53.3 Å². The van der Waals surface area contributed by atoms with Crippen molar-refractivity contribution in [2.24, 2.45) is 0 Å². The minimum absolute atomic E-state index is 1.06. The summed E-state index contributed by atoms with van der Waals surface area (Å²) >= 11 is 0. The summed E-state index contributed by atoms with van der Waals surface area (Å²) in [6.07, 6.45) is 17.5. The summed E-state index contributed by atoms with van der Waals surface area (Å²) in [4.78, 5) is 8.81.